The Labute approximate surface area is 104 Å². The number of hydrogen-bond acceptors (Lipinski definition) is 2. The molecule has 1 N–H and O–H groups in total. The van der Waals surface area contributed by atoms with Crippen LogP contribution in [0.2, 0.25) is 0 Å². The van der Waals surface area contributed by atoms with Gasteiger partial charge in [0.15, 0.2) is 0 Å². The van der Waals surface area contributed by atoms with Crippen molar-refractivity contribution >= 4 is 18.3 Å². The molecule has 1 saturated heterocycles. The van der Waals surface area contributed by atoms with Crippen molar-refractivity contribution in [3.05, 3.63) is 0 Å². The van der Waals surface area contributed by atoms with Gasteiger partial charge in [-0.3, -0.25) is 4.79 Å². The van der Waals surface area contributed by atoms with E-state index in [0.717, 1.165) is 25.4 Å². The molecule has 2 aliphatic rings. The van der Waals surface area contributed by atoms with Gasteiger partial charge in [0.25, 0.3) is 0 Å². The number of amides is 1. The van der Waals surface area contributed by atoms with E-state index in [0.29, 0.717) is 5.91 Å². The normalized spacial score (nSPS) is 25.4. The Hall–Kier alpha value is -0.280. The Balaban J connectivity index is 0.00000128. The van der Waals surface area contributed by atoms with Crippen LogP contribution in [0.15, 0.2) is 0 Å². The SMILES string of the molecule is CN(CC1CCCCC1)C(=O)[C@H]1CCN1.Cl. The summed E-state index contributed by atoms with van der Waals surface area (Å²) >= 11 is 0. The number of halogens is 1. The van der Waals surface area contributed by atoms with Gasteiger partial charge in [-0.2, -0.15) is 0 Å². The van der Waals surface area contributed by atoms with Crippen molar-refractivity contribution in [1.82, 2.24) is 10.2 Å². The second kappa shape index (κ2) is 6.45. The maximum atomic E-state index is 11.9. The molecule has 0 aromatic carbocycles. The summed E-state index contributed by atoms with van der Waals surface area (Å²) in [6.45, 7) is 1.98. The molecule has 0 bridgehead atoms. The van der Waals surface area contributed by atoms with Gasteiger partial charge in [0, 0.05) is 13.6 Å². The first-order valence-electron chi connectivity index (χ1n) is 6.26. The molecule has 1 aliphatic carbocycles. The van der Waals surface area contributed by atoms with E-state index in [-0.39, 0.29) is 18.4 Å². The van der Waals surface area contributed by atoms with E-state index in [1.807, 2.05) is 11.9 Å². The minimum atomic E-state index is 0. The van der Waals surface area contributed by atoms with Crippen LogP contribution in [-0.4, -0.2) is 37.0 Å². The van der Waals surface area contributed by atoms with Crippen LogP contribution in [-0.2, 0) is 4.79 Å². The van der Waals surface area contributed by atoms with Gasteiger partial charge in [-0.15, -0.1) is 12.4 Å². The van der Waals surface area contributed by atoms with Crippen LogP contribution in [0.4, 0.5) is 0 Å². The third-order valence-corrected chi connectivity index (χ3v) is 3.75. The summed E-state index contributed by atoms with van der Waals surface area (Å²) in [6, 6.07) is 0.124. The van der Waals surface area contributed by atoms with E-state index in [9.17, 15) is 4.79 Å². The minimum Gasteiger partial charge on any atom is -0.344 e. The lowest BCUT2D eigenvalue weighted by Crippen LogP contribution is -2.54. The number of carbonyl (C=O) groups is 1. The van der Waals surface area contributed by atoms with Gasteiger partial charge in [-0.05, 0) is 31.7 Å². The summed E-state index contributed by atoms with van der Waals surface area (Å²) in [5, 5.41) is 3.17. The first kappa shape index (κ1) is 13.8. The third-order valence-electron chi connectivity index (χ3n) is 3.75. The van der Waals surface area contributed by atoms with Crippen LogP contribution in [0.25, 0.3) is 0 Å². The van der Waals surface area contributed by atoms with Crippen molar-refractivity contribution in [2.24, 2.45) is 5.92 Å². The smallest absolute Gasteiger partial charge is 0.239 e. The molecule has 1 saturated carbocycles. The van der Waals surface area contributed by atoms with E-state index in [2.05, 4.69) is 5.32 Å². The lowest BCUT2D eigenvalue weighted by molar-refractivity contribution is -0.134. The lowest BCUT2D eigenvalue weighted by Gasteiger charge is -2.33. The van der Waals surface area contributed by atoms with Crippen molar-refractivity contribution in [2.45, 2.75) is 44.6 Å². The number of hydrogen-bond donors (Lipinski definition) is 1. The Morgan fingerprint density at radius 2 is 1.88 bits per heavy atom. The Morgan fingerprint density at radius 3 is 2.38 bits per heavy atom. The molecule has 1 atom stereocenters. The number of nitrogens with zero attached hydrogens (tertiary/aromatic N) is 1. The van der Waals surface area contributed by atoms with Crippen LogP contribution in [0.5, 0.6) is 0 Å². The second-order valence-corrected chi connectivity index (χ2v) is 5.02. The van der Waals surface area contributed by atoms with E-state index in [1.165, 1.54) is 32.1 Å². The average Bonchev–Trinajstić information content (AvgIpc) is 2.16. The molecule has 2 rings (SSSR count). The third kappa shape index (κ3) is 3.36. The molecular formula is C12H23ClN2O. The van der Waals surface area contributed by atoms with Crippen molar-refractivity contribution in [3.8, 4) is 0 Å². The van der Waals surface area contributed by atoms with Gasteiger partial charge in [-0.1, -0.05) is 19.3 Å². The largest absolute Gasteiger partial charge is 0.344 e. The molecule has 1 aliphatic heterocycles. The molecule has 1 heterocycles. The van der Waals surface area contributed by atoms with Gasteiger partial charge in [-0.25, -0.2) is 0 Å². The summed E-state index contributed by atoms with van der Waals surface area (Å²) in [5.74, 6) is 1.06. The Bertz CT molecular complexity index is 225. The van der Waals surface area contributed by atoms with E-state index in [1.54, 1.807) is 0 Å². The predicted molar refractivity (Wildman–Crippen MR) is 67.9 cm³/mol. The Morgan fingerprint density at radius 1 is 1.25 bits per heavy atom. The van der Waals surface area contributed by atoms with Crippen molar-refractivity contribution in [2.75, 3.05) is 20.1 Å². The summed E-state index contributed by atoms with van der Waals surface area (Å²) in [7, 11) is 1.96. The predicted octanol–water partition coefficient (Wildman–Crippen LogP) is 1.81. The maximum absolute atomic E-state index is 11.9. The highest BCUT2D eigenvalue weighted by Crippen LogP contribution is 2.24. The van der Waals surface area contributed by atoms with Gasteiger partial charge in [0.05, 0.1) is 6.04 Å². The van der Waals surface area contributed by atoms with Crippen LogP contribution in [0, 0.1) is 5.92 Å². The van der Waals surface area contributed by atoms with Gasteiger partial charge in [0.1, 0.15) is 0 Å². The van der Waals surface area contributed by atoms with Crippen LogP contribution >= 0.6 is 12.4 Å². The summed E-state index contributed by atoms with van der Waals surface area (Å²) in [4.78, 5) is 13.8. The van der Waals surface area contributed by atoms with E-state index in [4.69, 9.17) is 0 Å². The van der Waals surface area contributed by atoms with Crippen LogP contribution < -0.4 is 5.32 Å². The zero-order valence-electron chi connectivity index (χ0n) is 10.1. The zero-order chi connectivity index (χ0) is 10.7. The van der Waals surface area contributed by atoms with E-state index >= 15 is 0 Å². The number of carbonyl (C=O) groups excluding carboxylic acids is 1. The molecule has 0 radical (unpaired) electrons. The second-order valence-electron chi connectivity index (χ2n) is 5.02. The molecule has 0 spiro atoms. The molecule has 94 valence electrons. The number of nitrogens with one attached hydrogen (secondary N) is 1. The van der Waals surface area contributed by atoms with Crippen molar-refractivity contribution < 1.29 is 4.79 Å². The fraction of sp³-hybridized carbons (Fsp3) is 0.917. The van der Waals surface area contributed by atoms with Gasteiger partial charge in [0.2, 0.25) is 5.91 Å². The first-order chi connectivity index (χ1) is 7.27. The highest BCUT2D eigenvalue weighted by atomic mass is 35.5. The van der Waals surface area contributed by atoms with E-state index < -0.39 is 0 Å². The Kier molecular flexibility index (Phi) is 5.56. The average molecular weight is 247 g/mol. The molecule has 1 amide bonds. The molecule has 0 aromatic rings. The summed E-state index contributed by atoms with van der Waals surface area (Å²) in [5.41, 5.74) is 0. The minimum absolute atomic E-state index is 0. The molecule has 0 aromatic heterocycles. The zero-order valence-corrected chi connectivity index (χ0v) is 10.9. The lowest BCUT2D eigenvalue weighted by atomic mass is 9.89. The van der Waals surface area contributed by atoms with Crippen molar-refractivity contribution in [1.29, 1.82) is 0 Å². The van der Waals surface area contributed by atoms with Gasteiger partial charge >= 0.3 is 0 Å². The first-order valence-corrected chi connectivity index (χ1v) is 6.26. The number of rotatable bonds is 3. The standard InChI is InChI=1S/C12H22N2O.ClH/c1-14(12(15)11-7-8-13-11)9-10-5-3-2-4-6-10;/h10-11,13H,2-9H2,1H3;1H/t11-;/m1./s1. The maximum Gasteiger partial charge on any atom is 0.239 e. The van der Waals surface area contributed by atoms with Gasteiger partial charge < -0.3 is 10.2 Å². The monoisotopic (exact) mass is 246 g/mol. The molecule has 4 heteroatoms. The molecule has 2 fully saturated rings. The summed E-state index contributed by atoms with van der Waals surface area (Å²) < 4.78 is 0. The summed E-state index contributed by atoms with van der Waals surface area (Å²) in [6.07, 6.45) is 7.75. The molecule has 16 heavy (non-hydrogen) atoms. The van der Waals surface area contributed by atoms with Crippen molar-refractivity contribution in [3.63, 3.8) is 0 Å². The van der Waals surface area contributed by atoms with Crippen LogP contribution in [0.3, 0.4) is 0 Å². The number of likely N-dealkylation sites (N-methyl/N-ethyl adjacent to an activating group) is 1. The quantitative estimate of drug-likeness (QED) is 0.824. The topological polar surface area (TPSA) is 32.3 Å². The molecule has 3 nitrogen and oxygen atoms in total. The molecular weight excluding hydrogens is 224 g/mol. The fourth-order valence-corrected chi connectivity index (χ4v) is 2.61. The molecule has 0 unspecified atom stereocenters. The highest BCUT2D eigenvalue weighted by Gasteiger charge is 2.28. The van der Waals surface area contributed by atoms with Crippen LogP contribution in [0.1, 0.15) is 38.5 Å². The fourth-order valence-electron chi connectivity index (χ4n) is 2.61. The highest BCUT2D eigenvalue weighted by molar-refractivity contribution is 5.85.